The summed E-state index contributed by atoms with van der Waals surface area (Å²) in [5.41, 5.74) is 2.65. The van der Waals surface area contributed by atoms with E-state index in [1.54, 1.807) is 0 Å². The molecule has 2 unspecified atom stereocenters. The highest BCUT2D eigenvalue weighted by molar-refractivity contribution is 5.80. The van der Waals surface area contributed by atoms with Crippen molar-refractivity contribution >= 4 is 5.91 Å². The first-order valence-electron chi connectivity index (χ1n) is 7.04. The number of nitrogens with one attached hydrogen (secondary N) is 1. The molecule has 1 aromatic rings. The Kier molecular flexibility index (Phi) is 3.25. The topological polar surface area (TPSA) is 52.9 Å². The number of nitrogens with zero attached hydrogens (tertiary/aromatic N) is 1. The molecule has 0 bridgehead atoms. The molecule has 0 aliphatic heterocycles. The highest BCUT2D eigenvalue weighted by Gasteiger charge is 2.34. The number of amides is 1. The molecule has 2 atom stereocenters. The quantitative estimate of drug-likeness (QED) is 0.899. The zero-order chi connectivity index (χ0) is 13.2. The van der Waals surface area contributed by atoms with Gasteiger partial charge in [0, 0.05) is 5.92 Å². The van der Waals surface area contributed by atoms with Crippen LogP contribution in [0.4, 0.5) is 0 Å². The Morgan fingerprint density at radius 1 is 1.26 bits per heavy atom. The minimum atomic E-state index is -0.273. The molecule has 0 spiro atoms. The molecule has 19 heavy (non-hydrogen) atoms. The number of fused-ring (bicyclic) bond motifs is 1. The van der Waals surface area contributed by atoms with Crippen molar-refractivity contribution in [3.63, 3.8) is 0 Å². The van der Waals surface area contributed by atoms with E-state index in [9.17, 15) is 4.79 Å². The van der Waals surface area contributed by atoms with Crippen molar-refractivity contribution in [3.8, 4) is 6.07 Å². The molecule has 1 N–H and O–H groups in total. The van der Waals surface area contributed by atoms with Crippen molar-refractivity contribution in [2.24, 2.45) is 11.8 Å². The van der Waals surface area contributed by atoms with Gasteiger partial charge in [0.2, 0.25) is 5.91 Å². The van der Waals surface area contributed by atoms with Crippen LogP contribution in [0.1, 0.15) is 30.4 Å². The van der Waals surface area contributed by atoms with Crippen molar-refractivity contribution in [1.29, 1.82) is 5.26 Å². The normalized spacial score (nSPS) is 23.0. The Balaban J connectivity index is 1.64. The van der Waals surface area contributed by atoms with Crippen LogP contribution < -0.4 is 5.32 Å². The van der Waals surface area contributed by atoms with Crippen LogP contribution in [0, 0.1) is 23.2 Å². The molecule has 1 fully saturated rings. The Bertz CT molecular complexity index is 528. The van der Waals surface area contributed by atoms with E-state index < -0.39 is 0 Å². The Morgan fingerprint density at radius 2 is 2.00 bits per heavy atom. The van der Waals surface area contributed by atoms with Gasteiger partial charge in [-0.2, -0.15) is 5.26 Å². The molecule has 3 rings (SSSR count). The number of hydrogen-bond donors (Lipinski definition) is 1. The number of benzene rings is 1. The zero-order valence-corrected chi connectivity index (χ0v) is 10.9. The maximum Gasteiger partial charge on any atom is 0.224 e. The number of rotatable bonds is 3. The van der Waals surface area contributed by atoms with Gasteiger partial charge in [0.25, 0.3) is 0 Å². The maximum absolute atomic E-state index is 12.2. The van der Waals surface area contributed by atoms with Gasteiger partial charge in [0.15, 0.2) is 0 Å². The monoisotopic (exact) mass is 254 g/mol. The number of carbonyl (C=O) groups is 1. The fourth-order valence-corrected chi connectivity index (χ4v) is 2.88. The minimum Gasteiger partial charge on any atom is -0.340 e. The lowest BCUT2D eigenvalue weighted by Gasteiger charge is -2.24. The second-order valence-electron chi connectivity index (χ2n) is 5.66. The van der Waals surface area contributed by atoms with Gasteiger partial charge in [-0.05, 0) is 49.1 Å². The summed E-state index contributed by atoms with van der Waals surface area (Å²) in [5, 5.41) is 12.0. The van der Waals surface area contributed by atoms with Gasteiger partial charge in [-0.15, -0.1) is 0 Å². The molecule has 1 amide bonds. The third-order valence-electron chi connectivity index (χ3n) is 4.25. The van der Waals surface area contributed by atoms with E-state index in [0.717, 1.165) is 32.1 Å². The minimum absolute atomic E-state index is 0.0319. The summed E-state index contributed by atoms with van der Waals surface area (Å²) < 4.78 is 0. The molecule has 2 aliphatic rings. The number of aryl methyl sites for hydroxylation is 1. The fraction of sp³-hybridized carbons (Fsp3) is 0.500. The third kappa shape index (κ3) is 2.63. The second-order valence-corrected chi connectivity index (χ2v) is 5.66. The molecule has 98 valence electrons. The molecule has 1 saturated carbocycles. The highest BCUT2D eigenvalue weighted by atomic mass is 16.1. The smallest absolute Gasteiger partial charge is 0.224 e. The van der Waals surface area contributed by atoms with Crippen molar-refractivity contribution < 1.29 is 4.79 Å². The van der Waals surface area contributed by atoms with Gasteiger partial charge < -0.3 is 5.32 Å². The van der Waals surface area contributed by atoms with Crippen molar-refractivity contribution in [2.45, 2.75) is 38.1 Å². The largest absolute Gasteiger partial charge is 0.340 e. The lowest BCUT2D eigenvalue weighted by molar-refractivity contribution is -0.125. The molecule has 1 aromatic carbocycles. The maximum atomic E-state index is 12.2. The molecule has 0 heterocycles. The predicted octanol–water partition coefficient (Wildman–Crippen LogP) is 2.21. The van der Waals surface area contributed by atoms with Crippen molar-refractivity contribution in [3.05, 3.63) is 35.4 Å². The van der Waals surface area contributed by atoms with Crippen LogP contribution >= 0.6 is 0 Å². The lowest BCUT2D eigenvalue weighted by Crippen LogP contribution is -2.41. The molecule has 3 heteroatoms. The molecule has 0 aromatic heterocycles. The van der Waals surface area contributed by atoms with E-state index >= 15 is 0 Å². The SMILES string of the molecule is N#CC(NC(=O)C1CCc2ccccc2C1)C1CC1. The van der Waals surface area contributed by atoms with Crippen LogP contribution in [0.15, 0.2) is 24.3 Å². The molecular formula is C16H18N2O. The van der Waals surface area contributed by atoms with E-state index in [0.29, 0.717) is 5.92 Å². The highest BCUT2D eigenvalue weighted by Crippen LogP contribution is 2.33. The first-order valence-corrected chi connectivity index (χ1v) is 7.04. The molecule has 0 radical (unpaired) electrons. The van der Waals surface area contributed by atoms with Crippen LogP contribution in [0.3, 0.4) is 0 Å². The summed E-state index contributed by atoms with van der Waals surface area (Å²) in [6.07, 6.45) is 4.82. The first kappa shape index (κ1) is 12.2. The van der Waals surface area contributed by atoms with Gasteiger partial charge in [-0.1, -0.05) is 24.3 Å². The van der Waals surface area contributed by atoms with Gasteiger partial charge >= 0.3 is 0 Å². The van der Waals surface area contributed by atoms with Gasteiger partial charge in [-0.3, -0.25) is 4.79 Å². The van der Waals surface area contributed by atoms with Crippen LogP contribution in [0.2, 0.25) is 0 Å². The average Bonchev–Trinajstić information content (AvgIpc) is 3.28. The Labute approximate surface area is 113 Å². The number of hydrogen-bond acceptors (Lipinski definition) is 2. The molecule has 2 aliphatic carbocycles. The van der Waals surface area contributed by atoms with Crippen LogP contribution in [-0.4, -0.2) is 11.9 Å². The van der Waals surface area contributed by atoms with E-state index in [2.05, 4.69) is 29.6 Å². The predicted molar refractivity (Wildman–Crippen MR) is 72.2 cm³/mol. The fourth-order valence-electron chi connectivity index (χ4n) is 2.88. The van der Waals surface area contributed by atoms with E-state index in [1.165, 1.54) is 11.1 Å². The second kappa shape index (κ2) is 5.05. The van der Waals surface area contributed by atoms with Crippen molar-refractivity contribution in [1.82, 2.24) is 5.32 Å². The summed E-state index contributed by atoms with van der Waals surface area (Å²) >= 11 is 0. The Hall–Kier alpha value is -1.82. The summed E-state index contributed by atoms with van der Waals surface area (Å²) in [7, 11) is 0. The van der Waals surface area contributed by atoms with Gasteiger partial charge in [-0.25, -0.2) is 0 Å². The van der Waals surface area contributed by atoms with Gasteiger partial charge in [0.05, 0.1) is 6.07 Å². The van der Waals surface area contributed by atoms with Crippen LogP contribution in [0.5, 0.6) is 0 Å². The summed E-state index contributed by atoms with van der Waals surface area (Å²) in [6, 6.07) is 10.3. The average molecular weight is 254 g/mol. The van der Waals surface area contributed by atoms with E-state index in [1.807, 2.05) is 6.07 Å². The Morgan fingerprint density at radius 3 is 2.68 bits per heavy atom. The van der Waals surface area contributed by atoms with Crippen LogP contribution in [-0.2, 0) is 17.6 Å². The zero-order valence-electron chi connectivity index (χ0n) is 10.9. The van der Waals surface area contributed by atoms with Crippen LogP contribution in [0.25, 0.3) is 0 Å². The third-order valence-corrected chi connectivity index (χ3v) is 4.25. The van der Waals surface area contributed by atoms with E-state index in [-0.39, 0.29) is 17.9 Å². The first-order chi connectivity index (χ1) is 9.28. The molecular weight excluding hydrogens is 236 g/mol. The molecule has 3 nitrogen and oxygen atoms in total. The van der Waals surface area contributed by atoms with E-state index in [4.69, 9.17) is 5.26 Å². The van der Waals surface area contributed by atoms with Gasteiger partial charge in [0.1, 0.15) is 6.04 Å². The summed E-state index contributed by atoms with van der Waals surface area (Å²) in [5.74, 6) is 0.488. The summed E-state index contributed by atoms with van der Waals surface area (Å²) in [4.78, 5) is 12.2. The molecule has 0 saturated heterocycles. The standard InChI is InChI=1S/C16H18N2O/c17-10-15(12-6-7-12)18-16(19)14-8-5-11-3-1-2-4-13(11)9-14/h1-4,12,14-15H,5-9H2,(H,18,19). The number of carbonyl (C=O) groups excluding carboxylic acids is 1. The van der Waals surface area contributed by atoms with Crippen molar-refractivity contribution in [2.75, 3.05) is 0 Å². The number of nitriles is 1. The lowest BCUT2D eigenvalue weighted by atomic mass is 9.83. The summed E-state index contributed by atoms with van der Waals surface area (Å²) in [6.45, 7) is 0.